The van der Waals surface area contributed by atoms with Gasteiger partial charge in [0, 0.05) is 25.7 Å². The Morgan fingerprint density at radius 2 is 1.83 bits per heavy atom. The van der Waals surface area contributed by atoms with Gasteiger partial charge in [0.25, 0.3) is 0 Å². The molecule has 0 saturated heterocycles. The van der Waals surface area contributed by atoms with Crippen LogP contribution in [0.2, 0.25) is 0 Å². The molecule has 0 heterocycles. The smallest absolute Gasteiger partial charge is 0.328 e. The molecule has 0 aromatic heterocycles. The number of ether oxygens (including phenoxy) is 2. The van der Waals surface area contributed by atoms with E-state index >= 15 is 0 Å². The fourth-order valence-corrected chi connectivity index (χ4v) is 1.27. The van der Waals surface area contributed by atoms with E-state index < -0.39 is 5.97 Å². The number of allylic oxidation sites excluding steroid dienone is 4. The molecule has 102 valence electrons. The van der Waals surface area contributed by atoms with Crippen molar-refractivity contribution in [3.63, 3.8) is 0 Å². The Balaban J connectivity index is 4.07. The van der Waals surface area contributed by atoms with Crippen molar-refractivity contribution in [3.8, 4) is 0 Å². The van der Waals surface area contributed by atoms with E-state index in [0.29, 0.717) is 25.2 Å². The van der Waals surface area contributed by atoms with E-state index in [-0.39, 0.29) is 6.29 Å². The lowest BCUT2D eigenvalue weighted by molar-refractivity contribution is -0.133. The third-order valence-electron chi connectivity index (χ3n) is 1.99. The van der Waals surface area contributed by atoms with Crippen LogP contribution >= 0.6 is 0 Å². The van der Waals surface area contributed by atoms with E-state index in [4.69, 9.17) is 14.6 Å². The Hall–Kier alpha value is -1.39. The van der Waals surface area contributed by atoms with Gasteiger partial charge in [-0.2, -0.15) is 0 Å². The first kappa shape index (κ1) is 16.6. The van der Waals surface area contributed by atoms with Gasteiger partial charge in [0.15, 0.2) is 6.29 Å². The number of aliphatic carboxylic acids is 1. The summed E-state index contributed by atoms with van der Waals surface area (Å²) < 4.78 is 10.8. The minimum absolute atomic E-state index is 0.208. The maximum absolute atomic E-state index is 10.4. The summed E-state index contributed by atoms with van der Waals surface area (Å²) in [5.74, 6) is -0.936. The number of carbonyl (C=O) groups is 1. The Bertz CT molecular complexity index is 310. The maximum Gasteiger partial charge on any atom is 0.328 e. The fraction of sp³-hybridized carbons (Fsp3) is 0.500. The summed E-state index contributed by atoms with van der Waals surface area (Å²) in [4.78, 5) is 10.4. The second kappa shape index (κ2) is 10.7. The summed E-state index contributed by atoms with van der Waals surface area (Å²) >= 11 is 0. The summed E-state index contributed by atoms with van der Waals surface area (Å²) in [5, 5.41) is 8.52. The summed E-state index contributed by atoms with van der Waals surface area (Å²) in [6.45, 7) is 6.83. The van der Waals surface area contributed by atoms with Gasteiger partial charge in [-0.05, 0) is 26.3 Å². The fourth-order valence-electron chi connectivity index (χ4n) is 1.27. The quantitative estimate of drug-likeness (QED) is 0.390. The highest BCUT2D eigenvalue weighted by molar-refractivity contribution is 5.81. The van der Waals surface area contributed by atoms with E-state index in [2.05, 4.69) is 0 Å². The van der Waals surface area contributed by atoms with Gasteiger partial charge < -0.3 is 14.6 Å². The number of carboxylic acid groups (broad SMARTS) is 1. The zero-order valence-corrected chi connectivity index (χ0v) is 11.3. The summed E-state index contributed by atoms with van der Waals surface area (Å²) in [5.41, 5.74) is 0.693. The first-order valence-corrected chi connectivity index (χ1v) is 6.07. The lowest BCUT2D eigenvalue weighted by Gasteiger charge is -2.14. The van der Waals surface area contributed by atoms with E-state index in [9.17, 15) is 4.79 Å². The van der Waals surface area contributed by atoms with Crippen LogP contribution in [0.15, 0.2) is 36.0 Å². The van der Waals surface area contributed by atoms with Crippen molar-refractivity contribution in [2.45, 2.75) is 33.5 Å². The van der Waals surface area contributed by atoms with Crippen molar-refractivity contribution in [3.05, 3.63) is 36.0 Å². The molecule has 4 heteroatoms. The standard InChI is InChI=1S/C14H22O4/c1-4-17-14(18-5-2)10-8-6-7-9-12(3)11-13(15)16/h6-9,11,14H,4-5,10H2,1-3H3,(H,15,16)/b8-6+,9-7+,12-11-. The summed E-state index contributed by atoms with van der Waals surface area (Å²) in [6, 6.07) is 0. The molecule has 0 bridgehead atoms. The maximum atomic E-state index is 10.4. The first-order valence-electron chi connectivity index (χ1n) is 6.07. The molecule has 0 rings (SSSR count). The molecule has 0 aliphatic rings. The number of rotatable bonds is 9. The minimum Gasteiger partial charge on any atom is -0.478 e. The van der Waals surface area contributed by atoms with Crippen LogP contribution in [0.5, 0.6) is 0 Å². The van der Waals surface area contributed by atoms with Crippen molar-refractivity contribution in [2.24, 2.45) is 0 Å². The number of hydrogen-bond acceptors (Lipinski definition) is 3. The molecular formula is C14H22O4. The predicted molar refractivity (Wildman–Crippen MR) is 71.3 cm³/mol. The van der Waals surface area contributed by atoms with E-state index in [1.807, 2.05) is 26.0 Å². The van der Waals surface area contributed by atoms with E-state index in [1.54, 1.807) is 19.1 Å². The predicted octanol–water partition coefficient (Wildman–Crippen LogP) is 2.92. The highest BCUT2D eigenvalue weighted by Crippen LogP contribution is 2.02. The molecule has 0 aliphatic carbocycles. The molecule has 0 radical (unpaired) electrons. The van der Waals surface area contributed by atoms with Gasteiger partial charge in [0.2, 0.25) is 0 Å². The molecule has 0 saturated carbocycles. The molecule has 0 amide bonds. The molecule has 0 fully saturated rings. The van der Waals surface area contributed by atoms with Gasteiger partial charge in [-0.15, -0.1) is 0 Å². The van der Waals surface area contributed by atoms with Crippen LogP contribution < -0.4 is 0 Å². The third kappa shape index (κ3) is 9.81. The second-order valence-corrected chi connectivity index (χ2v) is 3.59. The zero-order chi connectivity index (χ0) is 13.8. The van der Waals surface area contributed by atoms with Crippen LogP contribution in [0.1, 0.15) is 27.2 Å². The molecule has 0 atom stereocenters. The Kier molecular flexibility index (Phi) is 9.91. The number of hydrogen-bond donors (Lipinski definition) is 1. The second-order valence-electron chi connectivity index (χ2n) is 3.59. The summed E-state index contributed by atoms with van der Waals surface area (Å²) in [7, 11) is 0. The monoisotopic (exact) mass is 254 g/mol. The molecule has 1 N–H and O–H groups in total. The lowest BCUT2D eigenvalue weighted by atomic mass is 10.2. The number of carboxylic acids is 1. The minimum atomic E-state index is -0.936. The molecule has 0 unspecified atom stereocenters. The van der Waals surface area contributed by atoms with E-state index in [0.717, 1.165) is 6.08 Å². The first-order chi connectivity index (χ1) is 8.60. The van der Waals surface area contributed by atoms with Crippen molar-refractivity contribution in [1.29, 1.82) is 0 Å². The van der Waals surface area contributed by atoms with Gasteiger partial charge in [-0.25, -0.2) is 4.79 Å². The van der Waals surface area contributed by atoms with Gasteiger partial charge in [-0.1, -0.05) is 24.3 Å². The Morgan fingerprint density at radius 3 is 2.33 bits per heavy atom. The van der Waals surface area contributed by atoms with E-state index in [1.165, 1.54) is 0 Å². The van der Waals surface area contributed by atoms with Crippen molar-refractivity contribution in [2.75, 3.05) is 13.2 Å². The Morgan fingerprint density at radius 1 is 1.22 bits per heavy atom. The van der Waals surface area contributed by atoms with Crippen molar-refractivity contribution < 1.29 is 19.4 Å². The van der Waals surface area contributed by atoms with Crippen molar-refractivity contribution >= 4 is 5.97 Å². The largest absolute Gasteiger partial charge is 0.478 e. The zero-order valence-electron chi connectivity index (χ0n) is 11.3. The van der Waals surface area contributed by atoms with Gasteiger partial charge in [0.1, 0.15) is 0 Å². The van der Waals surface area contributed by atoms with Gasteiger partial charge in [-0.3, -0.25) is 0 Å². The van der Waals surface area contributed by atoms with Gasteiger partial charge >= 0.3 is 5.97 Å². The van der Waals surface area contributed by atoms with Crippen LogP contribution in [0.25, 0.3) is 0 Å². The molecule has 4 nitrogen and oxygen atoms in total. The highest BCUT2D eigenvalue weighted by atomic mass is 16.7. The van der Waals surface area contributed by atoms with Crippen LogP contribution in [-0.2, 0) is 14.3 Å². The van der Waals surface area contributed by atoms with Crippen LogP contribution in [-0.4, -0.2) is 30.6 Å². The van der Waals surface area contributed by atoms with Crippen LogP contribution in [0.4, 0.5) is 0 Å². The molecule has 0 aromatic carbocycles. The topological polar surface area (TPSA) is 55.8 Å². The molecular weight excluding hydrogens is 232 g/mol. The van der Waals surface area contributed by atoms with Crippen LogP contribution in [0, 0.1) is 0 Å². The van der Waals surface area contributed by atoms with Crippen molar-refractivity contribution in [1.82, 2.24) is 0 Å². The van der Waals surface area contributed by atoms with Gasteiger partial charge in [0.05, 0.1) is 0 Å². The molecule has 0 spiro atoms. The average Bonchev–Trinajstić information content (AvgIpc) is 2.28. The summed E-state index contributed by atoms with van der Waals surface area (Å²) in [6.07, 6.45) is 8.94. The highest BCUT2D eigenvalue weighted by Gasteiger charge is 2.03. The molecule has 18 heavy (non-hydrogen) atoms. The molecule has 0 aliphatic heterocycles. The molecule has 0 aromatic rings. The average molecular weight is 254 g/mol. The normalized spacial score (nSPS) is 13.0. The van der Waals surface area contributed by atoms with Crippen LogP contribution in [0.3, 0.4) is 0 Å². The lowest BCUT2D eigenvalue weighted by Crippen LogP contribution is -2.16. The SMILES string of the molecule is CCOC(C/C=C/C=C/C(C)=C\C(=O)O)OCC. The third-order valence-corrected chi connectivity index (χ3v) is 1.99. The Labute approximate surface area is 109 Å².